The lowest BCUT2D eigenvalue weighted by atomic mass is 9.78. The predicted molar refractivity (Wildman–Crippen MR) is 123 cm³/mol. The van der Waals surface area contributed by atoms with E-state index in [2.05, 4.69) is 49.2 Å². The van der Waals surface area contributed by atoms with Crippen molar-refractivity contribution in [2.45, 2.75) is 84.5 Å². The highest BCUT2D eigenvalue weighted by Crippen LogP contribution is 2.33. The predicted octanol–water partition coefficient (Wildman–Crippen LogP) is 7.86. The van der Waals surface area contributed by atoms with Crippen LogP contribution in [0, 0.1) is 11.8 Å². The first-order chi connectivity index (χ1) is 14.3. The first-order valence-electron chi connectivity index (χ1n) is 12.0. The van der Waals surface area contributed by atoms with Crippen molar-refractivity contribution in [1.29, 1.82) is 0 Å². The number of hydrogen-bond acceptors (Lipinski definition) is 2. The third kappa shape index (κ3) is 7.17. The van der Waals surface area contributed by atoms with Crippen LogP contribution < -0.4 is 4.74 Å². The van der Waals surface area contributed by atoms with Crippen LogP contribution in [0.15, 0.2) is 42.6 Å². The molecule has 2 aromatic rings. The Morgan fingerprint density at radius 2 is 1.62 bits per heavy atom. The summed E-state index contributed by atoms with van der Waals surface area (Å²) in [5.74, 6) is 2.81. The van der Waals surface area contributed by atoms with Gasteiger partial charge in [0.05, 0.1) is 18.5 Å². The van der Waals surface area contributed by atoms with Gasteiger partial charge in [-0.2, -0.15) is 0 Å². The van der Waals surface area contributed by atoms with Crippen molar-refractivity contribution in [2.24, 2.45) is 11.8 Å². The van der Waals surface area contributed by atoms with Crippen LogP contribution in [0.1, 0.15) is 83.6 Å². The molecule has 1 fully saturated rings. The molecule has 0 radical (unpaired) electrons. The van der Waals surface area contributed by atoms with Gasteiger partial charge in [-0.1, -0.05) is 89.5 Å². The number of ether oxygens (including phenoxy) is 1. The number of aromatic nitrogens is 1. The van der Waals surface area contributed by atoms with E-state index >= 15 is 0 Å². The number of unbranched alkanes of at least 4 members (excludes halogenated alkanes) is 3. The Morgan fingerprint density at radius 1 is 0.862 bits per heavy atom. The van der Waals surface area contributed by atoms with Gasteiger partial charge >= 0.3 is 0 Å². The lowest BCUT2D eigenvalue weighted by Crippen LogP contribution is -2.14. The molecule has 1 aromatic heterocycles. The first kappa shape index (κ1) is 21.9. The summed E-state index contributed by atoms with van der Waals surface area (Å²) in [6, 6.07) is 13.1. The number of rotatable bonds is 11. The molecule has 1 aliphatic rings. The van der Waals surface area contributed by atoms with Crippen LogP contribution in [0.4, 0.5) is 0 Å². The van der Waals surface area contributed by atoms with Crippen LogP contribution in [-0.2, 0) is 6.42 Å². The second kappa shape index (κ2) is 12.0. The molecule has 2 heteroatoms. The highest BCUT2D eigenvalue weighted by atomic mass is 16.5. The van der Waals surface area contributed by atoms with Crippen LogP contribution in [0.3, 0.4) is 0 Å². The summed E-state index contributed by atoms with van der Waals surface area (Å²) in [6.45, 7) is 5.36. The molecule has 29 heavy (non-hydrogen) atoms. The number of nitrogens with zero attached hydrogens (tertiary/aromatic N) is 1. The fraction of sp³-hybridized carbons (Fsp3) is 0.593. The zero-order chi connectivity index (χ0) is 20.3. The molecule has 1 heterocycles. The smallest absolute Gasteiger partial charge is 0.137 e. The minimum atomic E-state index is 0.788. The quantitative estimate of drug-likeness (QED) is 0.362. The first-order valence-corrected chi connectivity index (χ1v) is 12.0. The van der Waals surface area contributed by atoms with Crippen molar-refractivity contribution in [3.63, 3.8) is 0 Å². The fourth-order valence-electron chi connectivity index (χ4n) is 4.50. The third-order valence-electron chi connectivity index (χ3n) is 6.64. The highest BCUT2D eigenvalue weighted by molar-refractivity contribution is 5.59. The molecule has 1 aromatic carbocycles. The highest BCUT2D eigenvalue weighted by Gasteiger charge is 2.19. The van der Waals surface area contributed by atoms with Gasteiger partial charge in [0.1, 0.15) is 5.75 Å². The summed E-state index contributed by atoms with van der Waals surface area (Å²) in [5.41, 5.74) is 3.66. The molecule has 0 aliphatic heterocycles. The summed E-state index contributed by atoms with van der Waals surface area (Å²) in [6.07, 6.45) is 16.5. The Kier molecular flexibility index (Phi) is 9.05. The molecule has 0 spiro atoms. The molecular formula is C27H39NO. The van der Waals surface area contributed by atoms with Crippen LogP contribution >= 0.6 is 0 Å². The summed E-state index contributed by atoms with van der Waals surface area (Å²) in [5, 5.41) is 0. The van der Waals surface area contributed by atoms with Crippen molar-refractivity contribution >= 4 is 0 Å². The number of hydrogen-bond donors (Lipinski definition) is 0. The Balaban J connectivity index is 1.43. The zero-order valence-corrected chi connectivity index (χ0v) is 18.5. The molecule has 3 rings (SSSR count). The lowest BCUT2D eigenvalue weighted by Gasteiger charge is -2.27. The van der Waals surface area contributed by atoms with E-state index in [0.717, 1.165) is 36.3 Å². The zero-order valence-electron chi connectivity index (χ0n) is 18.5. The molecule has 1 aliphatic carbocycles. The van der Waals surface area contributed by atoms with Gasteiger partial charge in [-0.05, 0) is 48.8 Å². The lowest BCUT2D eigenvalue weighted by molar-refractivity contribution is 0.259. The fourth-order valence-corrected chi connectivity index (χ4v) is 4.50. The normalized spacial score (nSPS) is 19.2. The Bertz CT molecular complexity index is 683. The standard InChI is InChI=1S/C27H39NO/c1-3-5-6-7-20-29-26-18-19-27(28-21-26)25-16-14-24(15-17-25)13-12-23-10-8-22(4-2)9-11-23/h14-19,21-23H,3-13,20H2,1-2H3/t22-,23-. The maximum Gasteiger partial charge on any atom is 0.137 e. The van der Waals surface area contributed by atoms with E-state index in [4.69, 9.17) is 4.74 Å². The van der Waals surface area contributed by atoms with E-state index in [0.29, 0.717) is 0 Å². The Morgan fingerprint density at radius 3 is 2.28 bits per heavy atom. The number of pyridine rings is 1. The van der Waals surface area contributed by atoms with Crippen molar-refractivity contribution in [2.75, 3.05) is 6.61 Å². The van der Waals surface area contributed by atoms with Gasteiger partial charge in [0.2, 0.25) is 0 Å². The minimum absolute atomic E-state index is 0.788. The van der Waals surface area contributed by atoms with Gasteiger partial charge in [0, 0.05) is 5.56 Å². The van der Waals surface area contributed by atoms with Crippen LogP contribution in [0.2, 0.25) is 0 Å². The van der Waals surface area contributed by atoms with Gasteiger partial charge in [0.15, 0.2) is 0 Å². The van der Waals surface area contributed by atoms with Crippen LogP contribution in [0.25, 0.3) is 11.3 Å². The van der Waals surface area contributed by atoms with Gasteiger partial charge < -0.3 is 4.74 Å². The number of aryl methyl sites for hydroxylation is 1. The average molecular weight is 394 g/mol. The molecule has 0 saturated heterocycles. The molecular weight excluding hydrogens is 354 g/mol. The maximum absolute atomic E-state index is 5.80. The SMILES string of the molecule is CCCCCCOc1ccc(-c2ccc(CC[C@H]3CC[C@H](CC)CC3)cc2)nc1. The van der Waals surface area contributed by atoms with Crippen LogP contribution in [0.5, 0.6) is 5.75 Å². The second-order valence-corrected chi connectivity index (χ2v) is 8.82. The van der Waals surface area contributed by atoms with Gasteiger partial charge in [-0.25, -0.2) is 0 Å². The largest absolute Gasteiger partial charge is 0.492 e. The second-order valence-electron chi connectivity index (χ2n) is 8.82. The topological polar surface area (TPSA) is 22.1 Å². The van der Waals surface area contributed by atoms with E-state index in [1.807, 2.05) is 12.3 Å². The molecule has 0 N–H and O–H groups in total. The summed E-state index contributed by atoms with van der Waals surface area (Å²) in [7, 11) is 0. The van der Waals surface area contributed by atoms with Crippen molar-refractivity contribution < 1.29 is 4.74 Å². The van der Waals surface area contributed by atoms with Crippen molar-refractivity contribution in [1.82, 2.24) is 4.98 Å². The minimum Gasteiger partial charge on any atom is -0.492 e. The van der Waals surface area contributed by atoms with E-state index < -0.39 is 0 Å². The van der Waals surface area contributed by atoms with E-state index in [1.54, 1.807) is 0 Å². The molecule has 0 unspecified atom stereocenters. The summed E-state index contributed by atoms with van der Waals surface area (Å²) >= 11 is 0. The van der Waals surface area contributed by atoms with Crippen molar-refractivity contribution in [3.05, 3.63) is 48.2 Å². The monoisotopic (exact) mass is 393 g/mol. The van der Waals surface area contributed by atoms with Gasteiger partial charge in [-0.15, -0.1) is 0 Å². The van der Waals surface area contributed by atoms with Gasteiger partial charge in [-0.3, -0.25) is 4.98 Å². The molecule has 0 atom stereocenters. The summed E-state index contributed by atoms with van der Waals surface area (Å²) < 4.78 is 5.80. The average Bonchev–Trinajstić information content (AvgIpc) is 2.79. The molecule has 0 amide bonds. The maximum atomic E-state index is 5.80. The third-order valence-corrected chi connectivity index (χ3v) is 6.64. The molecule has 158 valence electrons. The Hall–Kier alpha value is -1.83. The molecule has 1 saturated carbocycles. The van der Waals surface area contributed by atoms with Crippen molar-refractivity contribution in [3.8, 4) is 17.0 Å². The van der Waals surface area contributed by atoms with E-state index in [1.165, 1.54) is 75.3 Å². The van der Waals surface area contributed by atoms with Gasteiger partial charge in [0.25, 0.3) is 0 Å². The van der Waals surface area contributed by atoms with E-state index in [-0.39, 0.29) is 0 Å². The Labute approximate surface area is 178 Å². The van der Waals surface area contributed by atoms with Crippen LogP contribution in [-0.4, -0.2) is 11.6 Å². The summed E-state index contributed by atoms with van der Waals surface area (Å²) in [4.78, 5) is 4.60. The molecule has 0 bridgehead atoms. The number of benzene rings is 1. The van der Waals surface area contributed by atoms with E-state index in [9.17, 15) is 0 Å². The molecule has 2 nitrogen and oxygen atoms in total.